The molecule has 1 aliphatic heterocycles. The normalized spacial score (nSPS) is 18.6. The topological polar surface area (TPSA) is 115 Å². The van der Waals surface area contributed by atoms with Gasteiger partial charge in [-0.3, -0.25) is 9.59 Å². The third-order valence-corrected chi connectivity index (χ3v) is 3.90. The van der Waals surface area contributed by atoms with Gasteiger partial charge in [-0.1, -0.05) is 0 Å². The Morgan fingerprint density at radius 3 is 3.05 bits per heavy atom. The number of H-pyrrole nitrogens is 1. The van der Waals surface area contributed by atoms with Crippen molar-refractivity contribution in [1.82, 2.24) is 15.2 Å². The van der Waals surface area contributed by atoms with Crippen molar-refractivity contribution in [2.45, 2.75) is 19.3 Å². The van der Waals surface area contributed by atoms with Crippen molar-refractivity contribution in [2.24, 2.45) is 11.7 Å². The van der Waals surface area contributed by atoms with E-state index in [0.717, 1.165) is 32.4 Å². The first kappa shape index (κ1) is 16.0. The molecule has 0 aromatic carbocycles. The second kappa shape index (κ2) is 7.61. The maximum absolute atomic E-state index is 11.8. The predicted molar refractivity (Wildman–Crippen MR) is 80.8 cm³/mol. The third-order valence-electron chi connectivity index (χ3n) is 3.90. The number of rotatable bonds is 6. The maximum Gasteiger partial charge on any atom is 0.267 e. The Bertz CT molecular complexity index is 575. The van der Waals surface area contributed by atoms with Gasteiger partial charge < -0.3 is 20.9 Å². The van der Waals surface area contributed by atoms with E-state index in [2.05, 4.69) is 15.2 Å². The van der Waals surface area contributed by atoms with E-state index in [0.29, 0.717) is 24.3 Å². The number of primary amides is 1. The van der Waals surface area contributed by atoms with Crippen molar-refractivity contribution in [3.05, 3.63) is 23.5 Å². The summed E-state index contributed by atoms with van der Waals surface area (Å²) in [7, 11) is 0. The first-order valence-corrected chi connectivity index (χ1v) is 7.48. The van der Waals surface area contributed by atoms with Gasteiger partial charge in [0.2, 0.25) is 5.91 Å². The Labute approximate surface area is 129 Å². The first-order chi connectivity index (χ1) is 10.6. The monoisotopic (exact) mass is 303 g/mol. The summed E-state index contributed by atoms with van der Waals surface area (Å²) in [5.41, 5.74) is 6.19. The molecule has 1 aliphatic rings. The Morgan fingerprint density at radius 1 is 1.55 bits per heavy atom. The van der Waals surface area contributed by atoms with E-state index in [1.165, 1.54) is 12.3 Å². The van der Waals surface area contributed by atoms with Crippen molar-refractivity contribution in [3.63, 3.8) is 0 Å². The summed E-state index contributed by atoms with van der Waals surface area (Å²) in [6.45, 7) is 3.07. The lowest BCUT2D eigenvalue weighted by Crippen LogP contribution is -2.42. The Hall–Kier alpha value is -2.33. The Morgan fingerprint density at radius 2 is 2.36 bits per heavy atom. The molecule has 0 aliphatic carbocycles. The molecule has 118 valence electrons. The molecule has 2 rings (SSSR count). The van der Waals surface area contributed by atoms with Crippen LogP contribution in [0.25, 0.3) is 0 Å². The minimum Gasteiger partial charge on any atom is -0.369 e. The van der Waals surface area contributed by atoms with Crippen LogP contribution in [-0.4, -0.2) is 47.9 Å². The van der Waals surface area contributed by atoms with Crippen LogP contribution in [0.5, 0.6) is 0 Å². The quantitative estimate of drug-likeness (QED) is 0.651. The minimum atomic E-state index is -0.224. The van der Waals surface area contributed by atoms with Gasteiger partial charge in [-0.2, -0.15) is 5.26 Å². The fourth-order valence-corrected chi connectivity index (χ4v) is 2.68. The van der Waals surface area contributed by atoms with E-state index in [1.54, 1.807) is 0 Å². The number of nitrogens with one attached hydrogen (secondary N) is 2. The summed E-state index contributed by atoms with van der Waals surface area (Å²) < 4.78 is 0. The van der Waals surface area contributed by atoms with Gasteiger partial charge in [0.05, 0.1) is 11.5 Å². The molecule has 0 bridgehead atoms. The molecule has 2 amide bonds. The summed E-state index contributed by atoms with van der Waals surface area (Å²) >= 11 is 0. The lowest BCUT2D eigenvalue weighted by Gasteiger charge is -2.31. The first-order valence-electron chi connectivity index (χ1n) is 7.48. The number of nitrogens with two attached hydrogens (primary N) is 1. The lowest BCUT2D eigenvalue weighted by molar-refractivity contribution is -0.123. The van der Waals surface area contributed by atoms with E-state index in [1.807, 2.05) is 6.07 Å². The molecule has 0 spiro atoms. The van der Waals surface area contributed by atoms with E-state index >= 15 is 0 Å². The van der Waals surface area contributed by atoms with Crippen molar-refractivity contribution >= 4 is 11.8 Å². The van der Waals surface area contributed by atoms with Crippen molar-refractivity contribution < 1.29 is 9.59 Å². The van der Waals surface area contributed by atoms with Crippen LogP contribution >= 0.6 is 0 Å². The van der Waals surface area contributed by atoms with Crippen LogP contribution in [-0.2, 0) is 4.79 Å². The zero-order chi connectivity index (χ0) is 15.9. The number of nitriles is 1. The van der Waals surface area contributed by atoms with Crippen LogP contribution in [0.15, 0.2) is 12.3 Å². The third kappa shape index (κ3) is 4.33. The van der Waals surface area contributed by atoms with Gasteiger partial charge in [0.15, 0.2) is 0 Å². The molecule has 0 radical (unpaired) electrons. The van der Waals surface area contributed by atoms with E-state index in [-0.39, 0.29) is 17.7 Å². The highest BCUT2D eigenvalue weighted by molar-refractivity contribution is 5.92. The Balaban J connectivity index is 1.67. The summed E-state index contributed by atoms with van der Waals surface area (Å²) in [6.07, 6.45) is 4.17. The standard InChI is InChI=1S/C15H21N5O2/c16-8-11-7-13(19-9-11)15(22)18-4-2-6-20-5-1-3-12(10-20)14(17)21/h7,9,12,19H,1-6,10H2,(H2,17,21)(H,18,22). The number of aromatic nitrogens is 1. The second-order valence-electron chi connectivity index (χ2n) is 5.57. The van der Waals surface area contributed by atoms with Crippen molar-refractivity contribution in [2.75, 3.05) is 26.2 Å². The number of hydrogen-bond acceptors (Lipinski definition) is 4. The minimum absolute atomic E-state index is 0.0494. The molecule has 1 aromatic heterocycles. The van der Waals surface area contributed by atoms with Gasteiger partial charge in [-0.05, 0) is 38.4 Å². The number of piperidine rings is 1. The number of carbonyl (C=O) groups excluding carboxylic acids is 2. The van der Waals surface area contributed by atoms with Crippen LogP contribution in [0.2, 0.25) is 0 Å². The number of aromatic amines is 1. The average molecular weight is 303 g/mol. The molecule has 7 heteroatoms. The van der Waals surface area contributed by atoms with Crippen LogP contribution in [0.3, 0.4) is 0 Å². The fraction of sp³-hybridized carbons (Fsp3) is 0.533. The van der Waals surface area contributed by atoms with Crippen LogP contribution in [0.1, 0.15) is 35.3 Å². The molecular weight excluding hydrogens is 282 g/mol. The summed E-state index contributed by atoms with van der Waals surface area (Å²) in [6, 6.07) is 3.50. The highest BCUT2D eigenvalue weighted by Gasteiger charge is 2.23. The lowest BCUT2D eigenvalue weighted by atomic mass is 9.97. The molecule has 7 nitrogen and oxygen atoms in total. The zero-order valence-electron chi connectivity index (χ0n) is 12.5. The highest BCUT2D eigenvalue weighted by atomic mass is 16.2. The van der Waals surface area contributed by atoms with Gasteiger partial charge in [0.1, 0.15) is 11.8 Å². The molecular formula is C15H21N5O2. The van der Waals surface area contributed by atoms with Gasteiger partial charge in [0, 0.05) is 19.3 Å². The molecule has 1 aromatic rings. The van der Waals surface area contributed by atoms with E-state index in [9.17, 15) is 9.59 Å². The van der Waals surface area contributed by atoms with Crippen molar-refractivity contribution in [1.29, 1.82) is 5.26 Å². The predicted octanol–water partition coefficient (Wildman–Crippen LogP) is 0.204. The van der Waals surface area contributed by atoms with Crippen LogP contribution < -0.4 is 11.1 Å². The van der Waals surface area contributed by atoms with Crippen molar-refractivity contribution in [3.8, 4) is 6.07 Å². The molecule has 22 heavy (non-hydrogen) atoms. The largest absolute Gasteiger partial charge is 0.369 e. The fourth-order valence-electron chi connectivity index (χ4n) is 2.68. The van der Waals surface area contributed by atoms with Crippen LogP contribution in [0.4, 0.5) is 0 Å². The molecule has 1 unspecified atom stereocenters. The molecule has 0 saturated carbocycles. The SMILES string of the molecule is N#Cc1c[nH]c(C(=O)NCCCN2CCCC(C(N)=O)C2)c1. The highest BCUT2D eigenvalue weighted by Crippen LogP contribution is 2.15. The van der Waals surface area contributed by atoms with E-state index < -0.39 is 0 Å². The number of carbonyl (C=O) groups is 2. The van der Waals surface area contributed by atoms with Gasteiger partial charge >= 0.3 is 0 Å². The zero-order valence-corrected chi connectivity index (χ0v) is 12.5. The second-order valence-corrected chi connectivity index (χ2v) is 5.57. The van der Waals surface area contributed by atoms with Gasteiger partial charge in [-0.15, -0.1) is 0 Å². The smallest absolute Gasteiger partial charge is 0.267 e. The summed E-state index contributed by atoms with van der Waals surface area (Å²) in [5.74, 6) is -0.486. The summed E-state index contributed by atoms with van der Waals surface area (Å²) in [5, 5.41) is 11.5. The van der Waals surface area contributed by atoms with Gasteiger partial charge in [-0.25, -0.2) is 0 Å². The molecule has 4 N–H and O–H groups in total. The van der Waals surface area contributed by atoms with Crippen LogP contribution in [0, 0.1) is 17.2 Å². The average Bonchev–Trinajstić information content (AvgIpc) is 3.01. The number of hydrogen-bond donors (Lipinski definition) is 3. The molecule has 1 fully saturated rings. The summed E-state index contributed by atoms with van der Waals surface area (Å²) in [4.78, 5) is 28.0. The number of nitrogens with zero attached hydrogens (tertiary/aromatic N) is 2. The van der Waals surface area contributed by atoms with Gasteiger partial charge in [0.25, 0.3) is 5.91 Å². The molecule has 2 heterocycles. The molecule has 1 atom stereocenters. The number of likely N-dealkylation sites (tertiary alicyclic amines) is 1. The Kier molecular flexibility index (Phi) is 5.55. The van der Waals surface area contributed by atoms with E-state index in [4.69, 9.17) is 11.0 Å². The maximum atomic E-state index is 11.8. The number of amides is 2. The molecule has 1 saturated heterocycles.